The van der Waals surface area contributed by atoms with Crippen molar-refractivity contribution in [2.24, 2.45) is 5.16 Å². The largest absolute Gasteiger partial charge is 0.411 e. The standard InChI is InChI=1S/C16H13ClFNO/c1-11(10-19-20)16(17)13-8-6-12(7-9-13)14-4-2-3-5-15(14)18/h2-10,20H,1H3/b16-11-,19-10+. The van der Waals surface area contributed by atoms with E-state index in [1.807, 2.05) is 0 Å². The van der Waals surface area contributed by atoms with Crippen molar-refractivity contribution in [1.29, 1.82) is 0 Å². The van der Waals surface area contributed by atoms with Crippen LogP contribution in [0.2, 0.25) is 0 Å². The van der Waals surface area contributed by atoms with Crippen molar-refractivity contribution >= 4 is 22.8 Å². The Morgan fingerprint density at radius 1 is 1.15 bits per heavy atom. The van der Waals surface area contributed by atoms with Crippen LogP contribution in [-0.4, -0.2) is 11.4 Å². The fourth-order valence-electron chi connectivity index (χ4n) is 1.86. The van der Waals surface area contributed by atoms with Gasteiger partial charge in [0.1, 0.15) is 5.82 Å². The molecule has 0 aliphatic carbocycles. The minimum Gasteiger partial charge on any atom is -0.411 e. The third-order valence-electron chi connectivity index (χ3n) is 2.92. The minimum absolute atomic E-state index is 0.259. The van der Waals surface area contributed by atoms with Crippen molar-refractivity contribution in [1.82, 2.24) is 0 Å². The SMILES string of the molecule is CC(/C=N/O)=C(/Cl)c1ccc(-c2ccccc2F)cc1. The molecule has 2 aromatic carbocycles. The Morgan fingerprint density at radius 2 is 1.80 bits per heavy atom. The zero-order valence-electron chi connectivity index (χ0n) is 10.8. The number of rotatable bonds is 3. The summed E-state index contributed by atoms with van der Waals surface area (Å²) < 4.78 is 13.7. The van der Waals surface area contributed by atoms with Crippen LogP contribution in [0.1, 0.15) is 12.5 Å². The molecule has 0 aromatic heterocycles. The fourth-order valence-corrected chi connectivity index (χ4v) is 2.04. The highest BCUT2D eigenvalue weighted by Gasteiger charge is 2.06. The summed E-state index contributed by atoms with van der Waals surface area (Å²) in [4.78, 5) is 0. The van der Waals surface area contributed by atoms with Gasteiger partial charge in [-0.3, -0.25) is 0 Å². The van der Waals surface area contributed by atoms with E-state index in [1.54, 1.807) is 49.4 Å². The van der Waals surface area contributed by atoms with E-state index in [0.29, 0.717) is 16.2 Å². The number of hydrogen-bond donors (Lipinski definition) is 1. The second-order valence-corrected chi connectivity index (χ2v) is 4.68. The molecular weight excluding hydrogens is 277 g/mol. The number of hydrogen-bond acceptors (Lipinski definition) is 2. The second kappa shape index (κ2) is 6.35. The van der Waals surface area contributed by atoms with Crippen LogP contribution in [0.25, 0.3) is 16.2 Å². The van der Waals surface area contributed by atoms with Crippen molar-refractivity contribution in [2.45, 2.75) is 6.92 Å². The highest BCUT2D eigenvalue weighted by molar-refractivity contribution is 6.50. The molecule has 102 valence electrons. The third-order valence-corrected chi connectivity index (χ3v) is 3.44. The lowest BCUT2D eigenvalue weighted by Gasteiger charge is -2.06. The van der Waals surface area contributed by atoms with E-state index in [4.69, 9.17) is 16.8 Å². The Bertz CT molecular complexity index is 662. The first-order valence-corrected chi connectivity index (χ1v) is 6.40. The average molecular weight is 290 g/mol. The van der Waals surface area contributed by atoms with Crippen LogP contribution in [0.15, 0.2) is 59.3 Å². The lowest BCUT2D eigenvalue weighted by Crippen LogP contribution is -1.87. The van der Waals surface area contributed by atoms with E-state index in [2.05, 4.69) is 5.16 Å². The van der Waals surface area contributed by atoms with Crippen LogP contribution in [0.4, 0.5) is 4.39 Å². The lowest BCUT2D eigenvalue weighted by molar-refractivity contribution is 0.321. The molecule has 0 saturated carbocycles. The van der Waals surface area contributed by atoms with Crippen molar-refractivity contribution in [2.75, 3.05) is 0 Å². The number of halogens is 2. The van der Waals surface area contributed by atoms with E-state index in [9.17, 15) is 4.39 Å². The van der Waals surface area contributed by atoms with Gasteiger partial charge in [0, 0.05) is 5.56 Å². The van der Waals surface area contributed by atoms with Gasteiger partial charge in [0.15, 0.2) is 0 Å². The molecule has 0 unspecified atom stereocenters. The van der Waals surface area contributed by atoms with E-state index < -0.39 is 0 Å². The summed E-state index contributed by atoms with van der Waals surface area (Å²) in [6, 6.07) is 13.8. The summed E-state index contributed by atoms with van der Waals surface area (Å²) >= 11 is 6.17. The smallest absolute Gasteiger partial charge is 0.131 e. The predicted molar refractivity (Wildman–Crippen MR) is 80.6 cm³/mol. The van der Waals surface area contributed by atoms with Crippen LogP contribution < -0.4 is 0 Å². The molecule has 0 atom stereocenters. The number of benzene rings is 2. The van der Waals surface area contributed by atoms with Gasteiger partial charge in [-0.15, -0.1) is 0 Å². The Labute approximate surface area is 121 Å². The normalized spacial score (nSPS) is 12.6. The van der Waals surface area contributed by atoms with Crippen LogP contribution in [0.5, 0.6) is 0 Å². The molecule has 0 heterocycles. The minimum atomic E-state index is -0.259. The highest BCUT2D eigenvalue weighted by atomic mass is 35.5. The molecule has 0 aliphatic rings. The summed E-state index contributed by atoms with van der Waals surface area (Å²) in [7, 11) is 0. The molecular formula is C16H13ClFNO. The first-order valence-electron chi connectivity index (χ1n) is 6.02. The van der Waals surface area contributed by atoms with Gasteiger partial charge in [-0.2, -0.15) is 0 Å². The van der Waals surface area contributed by atoms with Gasteiger partial charge in [-0.05, 0) is 29.7 Å². The van der Waals surface area contributed by atoms with E-state index in [1.165, 1.54) is 12.3 Å². The molecule has 0 saturated heterocycles. The van der Waals surface area contributed by atoms with Crippen LogP contribution in [-0.2, 0) is 0 Å². The number of oxime groups is 1. The summed E-state index contributed by atoms with van der Waals surface area (Å²) in [5, 5.41) is 11.9. The first kappa shape index (κ1) is 14.3. The van der Waals surface area contributed by atoms with Crippen molar-refractivity contribution in [3.05, 3.63) is 65.5 Å². The Morgan fingerprint density at radius 3 is 2.40 bits per heavy atom. The summed E-state index contributed by atoms with van der Waals surface area (Å²) in [5.74, 6) is -0.259. The molecule has 20 heavy (non-hydrogen) atoms. The molecule has 0 fully saturated rings. The molecule has 0 spiro atoms. The van der Waals surface area contributed by atoms with Gasteiger partial charge in [0.25, 0.3) is 0 Å². The number of nitrogens with zero attached hydrogens (tertiary/aromatic N) is 1. The molecule has 4 heteroatoms. The fraction of sp³-hybridized carbons (Fsp3) is 0.0625. The molecule has 2 rings (SSSR count). The van der Waals surface area contributed by atoms with E-state index >= 15 is 0 Å². The van der Waals surface area contributed by atoms with Gasteiger partial charge < -0.3 is 5.21 Å². The maximum Gasteiger partial charge on any atom is 0.131 e. The lowest BCUT2D eigenvalue weighted by atomic mass is 10.0. The highest BCUT2D eigenvalue weighted by Crippen LogP contribution is 2.27. The van der Waals surface area contributed by atoms with Crippen LogP contribution >= 0.6 is 11.6 Å². The predicted octanol–water partition coefficient (Wildman–Crippen LogP) is 4.92. The zero-order valence-corrected chi connectivity index (χ0v) is 11.6. The zero-order chi connectivity index (χ0) is 14.5. The van der Waals surface area contributed by atoms with Crippen LogP contribution in [0, 0.1) is 5.82 Å². The topological polar surface area (TPSA) is 32.6 Å². The maximum atomic E-state index is 13.7. The second-order valence-electron chi connectivity index (χ2n) is 4.30. The van der Waals surface area contributed by atoms with Gasteiger partial charge >= 0.3 is 0 Å². The Kier molecular flexibility index (Phi) is 4.53. The van der Waals surface area contributed by atoms with E-state index in [-0.39, 0.29) is 5.82 Å². The molecule has 0 radical (unpaired) electrons. The van der Waals surface area contributed by atoms with Gasteiger partial charge in [-0.1, -0.05) is 59.2 Å². The monoisotopic (exact) mass is 289 g/mol. The molecule has 0 aliphatic heterocycles. The average Bonchev–Trinajstić information content (AvgIpc) is 2.47. The quantitative estimate of drug-likeness (QED) is 0.485. The summed E-state index contributed by atoms with van der Waals surface area (Å²) in [6.07, 6.45) is 1.27. The summed E-state index contributed by atoms with van der Waals surface area (Å²) in [6.45, 7) is 1.74. The van der Waals surface area contributed by atoms with Crippen molar-refractivity contribution in [3.8, 4) is 11.1 Å². The van der Waals surface area contributed by atoms with Crippen molar-refractivity contribution < 1.29 is 9.60 Å². The molecule has 2 aromatic rings. The Balaban J connectivity index is 2.37. The van der Waals surface area contributed by atoms with Gasteiger partial charge in [0.05, 0.1) is 11.2 Å². The maximum absolute atomic E-state index is 13.7. The Hall–Kier alpha value is -2.13. The molecule has 0 amide bonds. The molecule has 1 N–H and O–H groups in total. The number of allylic oxidation sites excluding steroid dienone is 1. The van der Waals surface area contributed by atoms with E-state index in [0.717, 1.165) is 11.1 Å². The summed E-state index contributed by atoms with van der Waals surface area (Å²) in [5.41, 5.74) is 2.76. The molecule has 2 nitrogen and oxygen atoms in total. The first-order chi connectivity index (χ1) is 9.63. The third kappa shape index (κ3) is 3.06. The molecule has 0 bridgehead atoms. The van der Waals surface area contributed by atoms with Gasteiger partial charge in [-0.25, -0.2) is 4.39 Å². The van der Waals surface area contributed by atoms with Crippen molar-refractivity contribution in [3.63, 3.8) is 0 Å². The van der Waals surface area contributed by atoms with Crippen LogP contribution in [0.3, 0.4) is 0 Å². The van der Waals surface area contributed by atoms with Gasteiger partial charge in [0.2, 0.25) is 0 Å².